The van der Waals surface area contributed by atoms with E-state index in [0.717, 1.165) is 30.1 Å². The molecule has 7 nitrogen and oxygen atoms in total. The van der Waals surface area contributed by atoms with Crippen LogP contribution in [0.3, 0.4) is 0 Å². The normalized spacial score (nSPS) is 17.8. The van der Waals surface area contributed by atoms with Crippen molar-refractivity contribution in [3.63, 3.8) is 0 Å². The minimum Gasteiger partial charge on any atom is -0.381 e. The van der Waals surface area contributed by atoms with Gasteiger partial charge in [-0.05, 0) is 31.0 Å². The Morgan fingerprint density at radius 3 is 2.67 bits per heavy atom. The van der Waals surface area contributed by atoms with E-state index >= 15 is 0 Å². The molecule has 1 atom stereocenters. The van der Waals surface area contributed by atoms with Crippen LogP contribution < -0.4 is 10.5 Å². The van der Waals surface area contributed by atoms with Gasteiger partial charge in [0, 0.05) is 25.1 Å². The number of ether oxygens (including phenoxy) is 1. The second-order valence-electron chi connectivity index (χ2n) is 5.83. The molecular weight excluding hydrogens is 328 g/mol. The zero-order valence-electron chi connectivity index (χ0n) is 13.4. The third-order valence-electron chi connectivity index (χ3n) is 3.93. The van der Waals surface area contributed by atoms with E-state index in [1.165, 1.54) is 12.1 Å². The quantitative estimate of drug-likeness (QED) is 0.849. The Hall–Kier alpha value is -2.03. The lowest BCUT2D eigenvalue weighted by molar-refractivity contribution is 0.193. The van der Waals surface area contributed by atoms with Crippen molar-refractivity contribution < 1.29 is 13.2 Å². The Bertz CT molecular complexity index is 816. The Labute approximate surface area is 141 Å². The highest BCUT2D eigenvalue weighted by atomic mass is 32.2. The number of nitrogens with two attached hydrogens (primary N) is 1. The van der Waals surface area contributed by atoms with Crippen LogP contribution in [0.2, 0.25) is 0 Å². The van der Waals surface area contributed by atoms with E-state index in [1.54, 1.807) is 12.1 Å². The SMILES string of the molecule is Cc1nc(NCc2ccc(S(N)(=O)=O)cc2)cc([C@@H]2CCOC2)n1. The Kier molecular flexibility index (Phi) is 4.79. The van der Waals surface area contributed by atoms with Gasteiger partial charge in [-0.2, -0.15) is 0 Å². The standard InChI is InChI=1S/C16H20N4O3S/c1-11-19-15(13-6-7-23-10-13)8-16(20-11)18-9-12-2-4-14(5-3-12)24(17,21)22/h2-5,8,13H,6-7,9-10H2,1H3,(H2,17,21,22)(H,18,19,20)/t13-/m1/s1. The fourth-order valence-electron chi connectivity index (χ4n) is 2.65. The monoisotopic (exact) mass is 348 g/mol. The number of primary sulfonamides is 1. The van der Waals surface area contributed by atoms with Gasteiger partial charge in [-0.1, -0.05) is 12.1 Å². The van der Waals surface area contributed by atoms with E-state index in [2.05, 4.69) is 15.3 Å². The number of hydrogen-bond donors (Lipinski definition) is 2. The summed E-state index contributed by atoms with van der Waals surface area (Å²) in [6, 6.07) is 8.40. The van der Waals surface area contributed by atoms with Crippen LogP contribution in [0.15, 0.2) is 35.2 Å². The Morgan fingerprint density at radius 2 is 2.04 bits per heavy atom. The van der Waals surface area contributed by atoms with Gasteiger partial charge < -0.3 is 10.1 Å². The van der Waals surface area contributed by atoms with Crippen LogP contribution in [0.1, 0.15) is 29.4 Å². The van der Waals surface area contributed by atoms with Gasteiger partial charge in [-0.3, -0.25) is 0 Å². The summed E-state index contributed by atoms with van der Waals surface area (Å²) >= 11 is 0. The summed E-state index contributed by atoms with van der Waals surface area (Å²) in [6.07, 6.45) is 0.977. The molecule has 0 amide bonds. The van der Waals surface area contributed by atoms with Crippen LogP contribution in [-0.2, 0) is 21.3 Å². The molecule has 128 valence electrons. The molecule has 3 rings (SSSR count). The van der Waals surface area contributed by atoms with Crippen LogP contribution in [0, 0.1) is 6.92 Å². The lowest BCUT2D eigenvalue weighted by atomic mass is 10.0. The molecule has 1 saturated heterocycles. The van der Waals surface area contributed by atoms with Crippen molar-refractivity contribution in [3.05, 3.63) is 47.4 Å². The molecule has 1 aromatic heterocycles. The lowest BCUT2D eigenvalue weighted by Crippen LogP contribution is -2.12. The number of rotatable bonds is 5. The number of nitrogens with zero attached hydrogens (tertiary/aromatic N) is 2. The number of hydrogen-bond acceptors (Lipinski definition) is 6. The van der Waals surface area contributed by atoms with Gasteiger partial charge in [0.1, 0.15) is 11.6 Å². The highest BCUT2D eigenvalue weighted by molar-refractivity contribution is 7.89. The zero-order chi connectivity index (χ0) is 17.2. The van der Waals surface area contributed by atoms with E-state index in [1.807, 2.05) is 13.0 Å². The van der Waals surface area contributed by atoms with Gasteiger partial charge in [0.05, 0.1) is 17.2 Å². The fourth-order valence-corrected chi connectivity index (χ4v) is 3.16. The second kappa shape index (κ2) is 6.84. The third-order valence-corrected chi connectivity index (χ3v) is 4.86. The minimum absolute atomic E-state index is 0.104. The van der Waals surface area contributed by atoms with Crippen molar-refractivity contribution in [1.82, 2.24) is 9.97 Å². The number of sulfonamides is 1. The number of benzene rings is 1. The van der Waals surface area contributed by atoms with Gasteiger partial charge >= 0.3 is 0 Å². The molecule has 0 saturated carbocycles. The van der Waals surface area contributed by atoms with Crippen LogP contribution in [-0.4, -0.2) is 31.6 Å². The third kappa shape index (κ3) is 4.08. The first kappa shape index (κ1) is 16.8. The maximum Gasteiger partial charge on any atom is 0.238 e. The maximum atomic E-state index is 11.3. The summed E-state index contributed by atoms with van der Waals surface area (Å²) < 4.78 is 27.9. The molecule has 0 spiro atoms. The first-order valence-corrected chi connectivity index (χ1v) is 9.25. The van der Waals surface area contributed by atoms with Crippen molar-refractivity contribution in [3.8, 4) is 0 Å². The summed E-state index contributed by atoms with van der Waals surface area (Å²) in [7, 11) is -3.66. The summed E-state index contributed by atoms with van der Waals surface area (Å²) in [5.41, 5.74) is 1.93. The van der Waals surface area contributed by atoms with Crippen LogP contribution in [0.25, 0.3) is 0 Å². The highest BCUT2D eigenvalue weighted by Gasteiger charge is 2.20. The number of aromatic nitrogens is 2. The molecule has 0 aliphatic carbocycles. The van der Waals surface area contributed by atoms with E-state index in [4.69, 9.17) is 9.88 Å². The largest absolute Gasteiger partial charge is 0.381 e. The molecule has 8 heteroatoms. The summed E-state index contributed by atoms with van der Waals surface area (Å²) in [4.78, 5) is 9.00. The molecule has 24 heavy (non-hydrogen) atoms. The predicted molar refractivity (Wildman–Crippen MR) is 90.1 cm³/mol. The Balaban J connectivity index is 1.70. The Morgan fingerprint density at radius 1 is 1.29 bits per heavy atom. The van der Waals surface area contributed by atoms with Crippen molar-refractivity contribution in [2.24, 2.45) is 5.14 Å². The lowest BCUT2D eigenvalue weighted by Gasteiger charge is -2.12. The molecule has 1 fully saturated rings. The molecular formula is C16H20N4O3S. The molecule has 0 radical (unpaired) electrons. The average Bonchev–Trinajstić information content (AvgIpc) is 3.06. The van der Waals surface area contributed by atoms with E-state index < -0.39 is 10.0 Å². The maximum absolute atomic E-state index is 11.3. The molecule has 0 bridgehead atoms. The molecule has 2 aromatic rings. The van der Waals surface area contributed by atoms with Gasteiger partial charge in [-0.25, -0.2) is 23.5 Å². The van der Waals surface area contributed by atoms with Gasteiger partial charge in [0.2, 0.25) is 10.0 Å². The van der Waals surface area contributed by atoms with Gasteiger partial charge in [0.25, 0.3) is 0 Å². The summed E-state index contributed by atoms with van der Waals surface area (Å²) in [5, 5.41) is 8.35. The van der Waals surface area contributed by atoms with Crippen molar-refractivity contribution >= 4 is 15.8 Å². The number of aryl methyl sites for hydroxylation is 1. The minimum atomic E-state index is -3.66. The van der Waals surface area contributed by atoms with Crippen LogP contribution in [0.4, 0.5) is 5.82 Å². The number of anilines is 1. The fraction of sp³-hybridized carbons (Fsp3) is 0.375. The van der Waals surface area contributed by atoms with E-state index in [9.17, 15) is 8.42 Å². The second-order valence-corrected chi connectivity index (χ2v) is 7.39. The average molecular weight is 348 g/mol. The first-order chi connectivity index (χ1) is 11.4. The van der Waals surface area contributed by atoms with Crippen molar-refractivity contribution in [1.29, 1.82) is 0 Å². The van der Waals surface area contributed by atoms with E-state index in [0.29, 0.717) is 24.9 Å². The predicted octanol–water partition coefficient (Wildman–Crippen LogP) is 1.55. The van der Waals surface area contributed by atoms with E-state index in [-0.39, 0.29) is 4.90 Å². The molecule has 2 heterocycles. The molecule has 1 aromatic carbocycles. The van der Waals surface area contributed by atoms with Crippen LogP contribution in [0.5, 0.6) is 0 Å². The highest BCUT2D eigenvalue weighted by Crippen LogP contribution is 2.25. The molecule has 1 aliphatic rings. The molecule has 3 N–H and O–H groups in total. The molecule has 0 unspecified atom stereocenters. The summed E-state index contributed by atoms with van der Waals surface area (Å²) in [6.45, 7) is 3.87. The number of nitrogens with one attached hydrogen (secondary N) is 1. The molecule has 1 aliphatic heterocycles. The van der Waals surface area contributed by atoms with Crippen LogP contribution >= 0.6 is 0 Å². The zero-order valence-corrected chi connectivity index (χ0v) is 14.2. The smallest absolute Gasteiger partial charge is 0.238 e. The van der Waals surface area contributed by atoms with Crippen molar-refractivity contribution in [2.75, 3.05) is 18.5 Å². The topological polar surface area (TPSA) is 107 Å². The van der Waals surface area contributed by atoms with Gasteiger partial charge in [0.15, 0.2) is 0 Å². The van der Waals surface area contributed by atoms with Crippen molar-refractivity contribution in [2.45, 2.75) is 30.7 Å². The van der Waals surface area contributed by atoms with Gasteiger partial charge in [-0.15, -0.1) is 0 Å². The summed E-state index contributed by atoms with van der Waals surface area (Å²) in [5.74, 6) is 1.78. The first-order valence-electron chi connectivity index (χ1n) is 7.71.